The molecule has 0 bridgehead atoms. The van der Waals surface area contributed by atoms with Crippen molar-refractivity contribution in [2.24, 2.45) is 0 Å². The third kappa shape index (κ3) is 3.14. The Morgan fingerprint density at radius 2 is 1.85 bits per heavy atom. The number of pyridine rings is 1. The number of nitrogens with one attached hydrogen (secondary N) is 1. The van der Waals surface area contributed by atoms with E-state index in [9.17, 15) is 18.0 Å². The Hall–Kier alpha value is -3.29. The van der Waals surface area contributed by atoms with E-state index in [1.54, 1.807) is 30.1 Å². The van der Waals surface area contributed by atoms with E-state index in [0.29, 0.717) is 28.6 Å². The molecular formula is C19H14F3N3O2. The fourth-order valence-corrected chi connectivity index (χ4v) is 3.02. The summed E-state index contributed by atoms with van der Waals surface area (Å²) in [6.45, 7) is 0.374. The number of rotatable bonds is 3. The third-order valence-electron chi connectivity index (χ3n) is 4.37. The highest BCUT2D eigenvalue weighted by Gasteiger charge is 2.30. The van der Waals surface area contributed by atoms with Gasteiger partial charge in [-0.3, -0.25) is 9.48 Å². The number of aromatic amines is 1. The van der Waals surface area contributed by atoms with E-state index >= 15 is 0 Å². The van der Waals surface area contributed by atoms with E-state index in [1.807, 2.05) is 12.1 Å². The first-order valence-electron chi connectivity index (χ1n) is 8.08. The molecule has 0 saturated carbocycles. The lowest BCUT2D eigenvalue weighted by molar-refractivity contribution is -0.137. The molecule has 1 N–H and O–H groups in total. The standard InChI is InChI=1S/C19H14F3N3O2/c1-27-13-5-2-11(3-6-13)9-25-10-15-14-8-12(19(20,21)22)4-7-16(14)23-18(26)17(15)24-25/h2-8,10H,9H2,1H3,(H,23,26). The SMILES string of the molecule is COc1ccc(Cn2cc3c(n2)c(=O)[nH]c2ccc(C(F)(F)F)cc23)cc1. The van der Waals surface area contributed by atoms with Crippen LogP contribution in [0.1, 0.15) is 11.1 Å². The third-order valence-corrected chi connectivity index (χ3v) is 4.37. The minimum Gasteiger partial charge on any atom is -0.497 e. The van der Waals surface area contributed by atoms with E-state index in [-0.39, 0.29) is 5.52 Å². The van der Waals surface area contributed by atoms with Crippen molar-refractivity contribution in [3.63, 3.8) is 0 Å². The average Bonchev–Trinajstić information content (AvgIpc) is 3.06. The summed E-state index contributed by atoms with van der Waals surface area (Å²) in [5.41, 5.74) is 0.150. The van der Waals surface area contributed by atoms with Gasteiger partial charge >= 0.3 is 6.18 Å². The first-order valence-corrected chi connectivity index (χ1v) is 8.08. The van der Waals surface area contributed by atoms with Gasteiger partial charge in [-0.15, -0.1) is 0 Å². The van der Waals surface area contributed by atoms with Gasteiger partial charge in [-0.1, -0.05) is 12.1 Å². The second-order valence-corrected chi connectivity index (χ2v) is 6.15. The monoisotopic (exact) mass is 373 g/mol. The molecule has 0 fully saturated rings. The zero-order chi connectivity index (χ0) is 19.2. The van der Waals surface area contributed by atoms with Crippen molar-refractivity contribution in [1.29, 1.82) is 0 Å². The van der Waals surface area contributed by atoms with Crippen LogP contribution in [0.15, 0.2) is 53.5 Å². The molecule has 0 aliphatic rings. The van der Waals surface area contributed by atoms with E-state index in [4.69, 9.17) is 4.74 Å². The second kappa shape index (κ2) is 6.15. The topological polar surface area (TPSA) is 59.9 Å². The molecule has 138 valence electrons. The number of alkyl halides is 3. The summed E-state index contributed by atoms with van der Waals surface area (Å²) in [7, 11) is 1.57. The van der Waals surface area contributed by atoms with E-state index in [0.717, 1.165) is 17.7 Å². The molecule has 0 atom stereocenters. The minimum atomic E-state index is -4.46. The maximum Gasteiger partial charge on any atom is 0.416 e. The van der Waals surface area contributed by atoms with Crippen molar-refractivity contribution in [3.05, 3.63) is 70.1 Å². The summed E-state index contributed by atoms with van der Waals surface area (Å²) in [4.78, 5) is 14.8. The van der Waals surface area contributed by atoms with Crippen LogP contribution in [-0.2, 0) is 12.7 Å². The number of hydrogen-bond acceptors (Lipinski definition) is 3. The molecule has 5 nitrogen and oxygen atoms in total. The van der Waals surface area contributed by atoms with E-state index < -0.39 is 17.3 Å². The summed E-state index contributed by atoms with van der Waals surface area (Å²) < 4.78 is 45.8. The normalized spacial score (nSPS) is 12.0. The second-order valence-electron chi connectivity index (χ2n) is 6.15. The van der Waals surface area contributed by atoms with Crippen molar-refractivity contribution in [2.45, 2.75) is 12.7 Å². The highest BCUT2D eigenvalue weighted by molar-refractivity contribution is 6.03. The summed E-state index contributed by atoms with van der Waals surface area (Å²) in [6.07, 6.45) is -2.87. The molecular weight excluding hydrogens is 359 g/mol. The molecule has 2 aromatic heterocycles. The summed E-state index contributed by atoms with van der Waals surface area (Å²) in [6, 6.07) is 10.6. The number of hydrogen-bond donors (Lipinski definition) is 1. The van der Waals surface area contributed by atoms with Crippen LogP contribution in [0.3, 0.4) is 0 Å². The lowest BCUT2D eigenvalue weighted by atomic mass is 10.1. The molecule has 2 heterocycles. The fourth-order valence-electron chi connectivity index (χ4n) is 3.02. The Morgan fingerprint density at radius 1 is 1.11 bits per heavy atom. The van der Waals surface area contributed by atoms with Gasteiger partial charge in [0.25, 0.3) is 5.56 Å². The zero-order valence-electron chi connectivity index (χ0n) is 14.2. The highest BCUT2D eigenvalue weighted by Crippen LogP contribution is 2.32. The first-order chi connectivity index (χ1) is 12.8. The molecule has 2 aromatic carbocycles. The molecule has 8 heteroatoms. The fraction of sp³-hybridized carbons (Fsp3) is 0.158. The van der Waals surface area contributed by atoms with Crippen LogP contribution in [0.25, 0.3) is 21.8 Å². The number of H-pyrrole nitrogens is 1. The summed E-state index contributed by atoms with van der Waals surface area (Å²) >= 11 is 0. The first kappa shape index (κ1) is 17.1. The number of ether oxygens (including phenoxy) is 1. The number of benzene rings is 2. The lowest BCUT2D eigenvalue weighted by Gasteiger charge is -2.07. The van der Waals surface area contributed by atoms with Gasteiger partial charge in [0.15, 0.2) is 5.52 Å². The van der Waals surface area contributed by atoms with Crippen LogP contribution in [0, 0.1) is 0 Å². The average molecular weight is 373 g/mol. The van der Waals surface area contributed by atoms with Crippen molar-refractivity contribution in [2.75, 3.05) is 7.11 Å². The van der Waals surface area contributed by atoms with Crippen LogP contribution in [0.4, 0.5) is 13.2 Å². The quantitative estimate of drug-likeness (QED) is 0.592. The maximum absolute atomic E-state index is 13.0. The predicted octanol–water partition coefficient (Wildman–Crippen LogP) is 3.95. The number of halogens is 3. The molecule has 4 rings (SSSR count). The number of aromatic nitrogens is 3. The van der Waals surface area contributed by atoms with E-state index in [1.165, 1.54) is 6.07 Å². The van der Waals surface area contributed by atoms with E-state index in [2.05, 4.69) is 10.1 Å². The molecule has 4 aromatic rings. The lowest BCUT2D eigenvalue weighted by Crippen LogP contribution is -2.09. The van der Waals surface area contributed by atoms with Gasteiger partial charge in [0.1, 0.15) is 5.75 Å². The van der Waals surface area contributed by atoms with Crippen molar-refractivity contribution in [1.82, 2.24) is 14.8 Å². The Morgan fingerprint density at radius 3 is 2.52 bits per heavy atom. The largest absolute Gasteiger partial charge is 0.497 e. The van der Waals surface area contributed by atoms with Crippen LogP contribution >= 0.6 is 0 Å². The molecule has 0 aliphatic heterocycles. The van der Waals surface area contributed by atoms with Crippen LogP contribution in [0.5, 0.6) is 5.75 Å². The molecule has 0 unspecified atom stereocenters. The highest BCUT2D eigenvalue weighted by atomic mass is 19.4. The Kier molecular flexibility index (Phi) is 3.91. The number of methoxy groups -OCH3 is 1. The smallest absolute Gasteiger partial charge is 0.416 e. The van der Waals surface area contributed by atoms with Gasteiger partial charge in [0, 0.05) is 22.5 Å². The predicted molar refractivity (Wildman–Crippen MR) is 95.0 cm³/mol. The van der Waals surface area contributed by atoms with Crippen molar-refractivity contribution < 1.29 is 17.9 Å². The summed E-state index contributed by atoms with van der Waals surface area (Å²) in [5.74, 6) is 0.714. The van der Waals surface area contributed by atoms with Gasteiger partial charge < -0.3 is 9.72 Å². The minimum absolute atomic E-state index is 0.107. The number of nitrogens with zero attached hydrogens (tertiary/aromatic N) is 2. The molecule has 0 amide bonds. The molecule has 0 radical (unpaired) electrons. The van der Waals surface area contributed by atoms with Gasteiger partial charge in [0.05, 0.1) is 19.2 Å². The molecule has 0 spiro atoms. The van der Waals surface area contributed by atoms with Crippen LogP contribution in [-0.4, -0.2) is 21.9 Å². The van der Waals surface area contributed by atoms with Gasteiger partial charge in [-0.25, -0.2) is 0 Å². The van der Waals surface area contributed by atoms with Crippen LogP contribution < -0.4 is 10.3 Å². The van der Waals surface area contributed by atoms with Crippen LogP contribution in [0.2, 0.25) is 0 Å². The van der Waals surface area contributed by atoms with Gasteiger partial charge in [-0.2, -0.15) is 18.3 Å². The molecule has 0 saturated heterocycles. The van der Waals surface area contributed by atoms with Gasteiger partial charge in [-0.05, 0) is 35.9 Å². The maximum atomic E-state index is 13.0. The Bertz CT molecular complexity index is 1190. The molecule has 27 heavy (non-hydrogen) atoms. The van der Waals surface area contributed by atoms with Crippen molar-refractivity contribution >= 4 is 21.8 Å². The summed E-state index contributed by atoms with van der Waals surface area (Å²) in [5, 5.41) is 4.94. The number of fused-ring (bicyclic) bond motifs is 3. The van der Waals surface area contributed by atoms with Crippen molar-refractivity contribution in [3.8, 4) is 5.75 Å². The van der Waals surface area contributed by atoms with Gasteiger partial charge in [0.2, 0.25) is 0 Å². The zero-order valence-corrected chi connectivity index (χ0v) is 14.2. The Labute approximate surface area is 151 Å². The molecule has 0 aliphatic carbocycles. The Balaban J connectivity index is 1.83.